The van der Waals surface area contributed by atoms with E-state index in [-0.39, 0.29) is 17.7 Å². The number of nitrogens with one attached hydrogen (secondary N) is 1. The number of halogens is 1. The number of benzene rings is 2. The maximum atomic E-state index is 14.0. The summed E-state index contributed by atoms with van der Waals surface area (Å²) in [6.45, 7) is 4.13. The summed E-state index contributed by atoms with van der Waals surface area (Å²) in [6, 6.07) is 12.6. The van der Waals surface area contributed by atoms with E-state index in [0.717, 1.165) is 18.5 Å². The molecule has 4 nitrogen and oxygen atoms in total. The molecule has 3 rings (SSSR count). The van der Waals surface area contributed by atoms with E-state index in [1.54, 1.807) is 6.07 Å². The van der Waals surface area contributed by atoms with Gasteiger partial charge in [0.15, 0.2) is 11.6 Å². The Balaban J connectivity index is 1.86. The molecule has 0 bridgehead atoms. The van der Waals surface area contributed by atoms with Crippen molar-refractivity contribution in [2.24, 2.45) is 0 Å². The van der Waals surface area contributed by atoms with E-state index in [1.807, 2.05) is 4.90 Å². The zero-order chi connectivity index (χ0) is 17.8. The van der Waals surface area contributed by atoms with Crippen LogP contribution in [0.1, 0.15) is 34.5 Å². The zero-order valence-corrected chi connectivity index (χ0v) is 14.6. The number of ether oxygens (including phenoxy) is 1. The van der Waals surface area contributed by atoms with E-state index >= 15 is 0 Å². The van der Waals surface area contributed by atoms with Gasteiger partial charge in [0.2, 0.25) is 0 Å². The van der Waals surface area contributed by atoms with E-state index in [4.69, 9.17) is 4.74 Å². The van der Waals surface area contributed by atoms with E-state index in [0.29, 0.717) is 18.7 Å². The van der Waals surface area contributed by atoms with E-state index in [1.165, 1.54) is 24.8 Å². The molecule has 1 fully saturated rings. The molecule has 1 saturated heterocycles. The van der Waals surface area contributed by atoms with Crippen LogP contribution in [0.5, 0.6) is 5.75 Å². The molecule has 0 aliphatic carbocycles. The second kappa shape index (κ2) is 7.66. The van der Waals surface area contributed by atoms with Gasteiger partial charge in [-0.3, -0.25) is 4.79 Å². The molecule has 1 amide bonds. The first-order chi connectivity index (χ1) is 12.1. The quantitative estimate of drug-likeness (QED) is 0.928. The van der Waals surface area contributed by atoms with Crippen LogP contribution in [0.25, 0.3) is 0 Å². The fourth-order valence-electron chi connectivity index (χ4n) is 3.19. The maximum Gasteiger partial charge on any atom is 0.254 e. The second-order valence-corrected chi connectivity index (χ2v) is 6.16. The average molecular weight is 342 g/mol. The van der Waals surface area contributed by atoms with Gasteiger partial charge in [0.05, 0.1) is 13.2 Å². The fourth-order valence-corrected chi connectivity index (χ4v) is 3.19. The fraction of sp³-hybridized carbons (Fsp3) is 0.350. The molecule has 1 heterocycles. The van der Waals surface area contributed by atoms with Gasteiger partial charge in [-0.25, -0.2) is 4.39 Å². The van der Waals surface area contributed by atoms with Crippen molar-refractivity contribution in [2.75, 3.05) is 26.7 Å². The van der Waals surface area contributed by atoms with Gasteiger partial charge in [0.1, 0.15) is 0 Å². The van der Waals surface area contributed by atoms with Crippen molar-refractivity contribution in [3.8, 4) is 5.75 Å². The lowest BCUT2D eigenvalue weighted by molar-refractivity contribution is 0.0633. The van der Waals surface area contributed by atoms with Gasteiger partial charge >= 0.3 is 0 Å². The highest BCUT2D eigenvalue weighted by atomic mass is 19.1. The Kier molecular flexibility index (Phi) is 5.34. The lowest BCUT2D eigenvalue weighted by Gasteiger charge is -2.36. The van der Waals surface area contributed by atoms with Crippen LogP contribution in [0.4, 0.5) is 4.39 Å². The van der Waals surface area contributed by atoms with Crippen molar-refractivity contribution in [3.63, 3.8) is 0 Å². The molecule has 0 aromatic heterocycles. The van der Waals surface area contributed by atoms with Crippen LogP contribution in [-0.4, -0.2) is 37.6 Å². The zero-order valence-electron chi connectivity index (χ0n) is 14.6. The number of carbonyl (C=O) groups is 1. The highest BCUT2D eigenvalue weighted by Crippen LogP contribution is 2.26. The highest BCUT2D eigenvalue weighted by molar-refractivity contribution is 5.94. The average Bonchev–Trinajstić information content (AvgIpc) is 2.67. The molecular formula is C20H23FN2O2. The number of hydrogen-bond acceptors (Lipinski definition) is 3. The minimum absolute atomic E-state index is 0.0580. The number of methoxy groups -OCH3 is 1. The minimum atomic E-state index is -0.521. The third-order valence-corrected chi connectivity index (χ3v) is 4.68. The normalized spacial score (nSPS) is 17.4. The molecular weight excluding hydrogens is 319 g/mol. The van der Waals surface area contributed by atoms with E-state index in [2.05, 4.69) is 36.5 Å². The Morgan fingerprint density at radius 3 is 2.68 bits per heavy atom. The van der Waals surface area contributed by atoms with Gasteiger partial charge in [-0.15, -0.1) is 0 Å². The molecule has 2 aromatic rings. The van der Waals surface area contributed by atoms with Crippen LogP contribution in [0.15, 0.2) is 42.5 Å². The lowest BCUT2D eigenvalue weighted by atomic mass is 10.00. The summed E-state index contributed by atoms with van der Waals surface area (Å²) in [4.78, 5) is 14.8. The van der Waals surface area contributed by atoms with Gasteiger partial charge in [-0.05, 0) is 35.7 Å². The minimum Gasteiger partial charge on any atom is -0.494 e. The monoisotopic (exact) mass is 342 g/mol. The Hall–Kier alpha value is -2.40. The van der Waals surface area contributed by atoms with Gasteiger partial charge in [0.25, 0.3) is 5.91 Å². The maximum absolute atomic E-state index is 14.0. The van der Waals surface area contributed by atoms with Crippen molar-refractivity contribution in [3.05, 3.63) is 65.0 Å². The summed E-state index contributed by atoms with van der Waals surface area (Å²) in [5, 5.41) is 3.34. The van der Waals surface area contributed by atoms with Crippen LogP contribution in [0, 0.1) is 5.82 Å². The molecule has 1 unspecified atom stereocenters. The van der Waals surface area contributed by atoms with Gasteiger partial charge in [0, 0.05) is 25.2 Å². The summed E-state index contributed by atoms with van der Waals surface area (Å²) in [7, 11) is 1.41. The Morgan fingerprint density at radius 2 is 2.04 bits per heavy atom. The second-order valence-electron chi connectivity index (χ2n) is 6.16. The molecule has 1 aliphatic heterocycles. The molecule has 0 spiro atoms. The molecule has 132 valence electrons. The lowest BCUT2D eigenvalue weighted by Crippen LogP contribution is -2.48. The molecule has 0 saturated carbocycles. The summed E-state index contributed by atoms with van der Waals surface area (Å²) >= 11 is 0. The summed E-state index contributed by atoms with van der Waals surface area (Å²) in [5.74, 6) is -0.538. The number of piperazine rings is 1. The molecule has 1 atom stereocenters. The van der Waals surface area contributed by atoms with Crippen molar-refractivity contribution < 1.29 is 13.9 Å². The van der Waals surface area contributed by atoms with E-state index in [9.17, 15) is 9.18 Å². The first-order valence-corrected chi connectivity index (χ1v) is 8.58. The van der Waals surface area contributed by atoms with Crippen molar-refractivity contribution in [1.82, 2.24) is 10.2 Å². The predicted molar refractivity (Wildman–Crippen MR) is 95.4 cm³/mol. The van der Waals surface area contributed by atoms with Crippen molar-refractivity contribution in [2.45, 2.75) is 19.4 Å². The standard InChI is InChI=1S/C20H23FN2O2/c1-3-14-4-6-15(7-5-14)18-13-22-10-11-23(18)20(24)16-8-9-19(25-2)17(21)12-16/h4-9,12,18,22H,3,10-11,13H2,1-2H3. The number of rotatable bonds is 4. The summed E-state index contributed by atoms with van der Waals surface area (Å²) in [5.41, 5.74) is 2.70. The van der Waals surface area contributed by atoms with Crippen molar-refractivity contribution in [1.29, 1.82) is 0 Å². The largest absolute Gasteiger partial charge is 0.494 e. The van der Waals surface area contributed by atoms with Crippen LogP contribution >= 0.6 is 0 Å². The first-order valence-electron chi connectivity index (χ1n) is 8.58. The van der Waals surface area contributed by atoms with Gasteiger partial charge in [-0.1, -0.05) is 31.2 Å². The van der Waals surface area contributed by atoms with Crippen molar-refractivity contribution >= 4 is 5.91 Å². The molecule has 2 aromatic carbocycles. The molecule has 5 heteroatoms. The number of hydrogen-bond donors (Lipinski definition) is 1. The smallest absolute Gasteiger partial charge is 0.254 e. The molecule has 25 heavy (non-hydrogen) atoms. The SMILES string of the molecule is CCc1ccc(C2CNCCN2C(=O)c2ccc(OC)c(F)c2)cc1. The third kappa shape index (κ3) is 3.66. The van der Waals surface area contributed by atoms with Crippen LogP contribution in [0.2, 0.25) is 0 Å². The van der Waals surface area contributed by atoms with Crippen LogP contribution in [0.3, 0.4) is 0 Å². The third-order valence-electron chi connectivity index (χ3n) is 4.68. The van der Waals surface area contributed by atoms with Gasteiger partial charge in [-0.2, -0.15) is 0 Å². The number of amides is 1. The Bertz CT molecular complexity index is 746. The number of carbonyl (C=O) groups excluding carboxylic acids is 1. The molecule has 1 N–H and O–H groups in total. The van der Waals surface area contributed by atoms with Gasteiger partial charge < -0.3 is 15.0 Å². The molecule has 1 aliphatic rings. The Labute approximate surface area is 147 Å². The number of nitrogens with zero attached hydrogens (tertiary/aromatic N) is 1. The first kappa shape index (κ1) is 17.4. The summed E-state index contributed by atoms with van der Waals surface area (Å²) in [6.07, 6.45) is 0.983. The van der Waals surface area contributed by atoms with Crippen LogP contribution in [-0.2, 0) is 6.42 Å². The topological polar surface area (TPSA) is 41.6 Å². The molecule has 0 radical (unpaired) electrons. The van der Waals surface area contributed by atoms with E-state index < -0.39 is 5.82 Å². The summed E-state index contributed by atoms with van der Waals surface area (Å²) < 4.78 is 18.9. The highest BCUT2D eigenvalue weighted by Gasteiger charge is 2.29. The predicted octanol–water partition coefficient (Wildman–Crippen LogP) is 3.18. The van der Waals surface area contributed by atoms with Crippen LogP contribution < -0.4 is 10.1 Å². The Morgan fingerprint density at radius 1 is 1.28 bits per heavy atom. The number of aryl methyl sites for hydroxylation is 1.